The number of rotatable bonds is 1. The molecule has 2 atom stereocenters. The van der Waals surface area contributed by atoms with Gasteiger partial charge in [-0.25, -0.2) is 4.79 Å². The van der Waals surface area contributed by atoms with Gasteiger partial charge in [0.2, 0.25) is 0 Å². The van der Waals surface area contributed by atoms with Gasteiger partial charge < -0.3 is 20.5 Å². The lowest BCUT2D eigenvalue weighted by molar-refractivity contribution is 0.0426. The molecule has 1 saturated heterocycles. The number of aliphatic hydroxyl groups is 1. The second kappa shape index (κ2) is 5.50. The normalized spacial score (nSPS) is 27.0. The summed E-state index contributed by atoms with van der Waals surface area (Å²) in [5, 5.41) is 15.6. The number of carbonyl (C=O) groups excluding carboxylic acids is 1. The summed E-state index contributed by atoms with van der Waals surface area (Å²) in [7, 11) is 0. The van der Waals surface area contributed by atoms with E-state index in [0.717, 1.165) is 19.4 Å². The molecule has 0 saturated carbocycles. The van der Waals surface area contributed by atoms with E-state index in [9.17, 15) is 9.90 Å². The monoisotopic (exact) mass is 230 g/mol. The van der Waals surface area contributed by atoms with Gasteiger partial charge in [-0.3, -0.25) is 0 Å². The van der Waals surface area contributed by atoms with Crippen molar-refractivity contribution < 1.29 is 14.6 Å². The Hall–Kier alpha value is -0.810. The summed E-state index contributed by atoms with van der Waals surface area (Å²) in [6.07, 6.45) is 0.707. The molecule has 0 radical (unpaired) electrons. The van der Waals surface area contributed by atoms with Crippen LogP contribution in [0.15, 0.2) is 0 Å². The van der Waals surface area contributed by atoms with Crippen LogP contribution in [0.1, 0.15) is 33.6 Å². The van der Waals surface area contributed by atoms with Crippen LogP contribution in [0, 0.1) is 0 Å². The fraction of sp³-hybridized carbons (Fsp3) is 0.909. The maximum absolute atomic E-state index is 11.5. The van der Waals surface area contributed by atoms with Gasteiger partial charge >= 0.3 is 6.09 Å². The Kier molecular flexibility index (Phi) is 4.56. The van der Waals surface area contributed by atoms with E-state index in [1.165, 1.54) is 0 Å². The quantitative estimate of drug-likeness (QED) is 0.617. The van der Waals surface area contributed by atoms with Crippen LogP contribution in [0.5, 0.6) is 0 Å². The highest BCUT2D eigenvalue weighted by atomic mass is 16.6. The van der Waals surface area contributed by atoms with Crippen molar-refractivity contribution in [3.05, 3.63) is 0 Å². The molecular formula is C11H22N2O3. The fourth-order valence-corrected chi connectivity index (χ4v) is 1.66. The highest BCUT2D eigenvalue weighted by Crippen LogP contribution is 2.10. The second-order valence-electron chi connectivity index (χ2n) is 5.17. The third-order valence-electron chi connectivity index (χ3n) is 2.39. The minimum atomic E-state index is -0.546. The number of ether oxygens (including phenoxy) is 1. The fourth-order valence-electron chi connectivity index (χ4n) is 1.66. The Labute approximate surface area is 96.6 Å². The largest absolute Gasteiger partial charge is 0.444 e. The van der Waals surface area contributed by atoms with E-state index in [0.29, 0.717) is 6.54 Å². The van der Waals surface area contributed by atoms with E-state index >= 15 is 0 Å². The van der Waals surface area contributed by atoms with E-state index in [4.69, 9.17) is 4.74 Å². The predicted octanol–water partition coefficient (Wildman–Crippen LogP) is 0.624. The lowest BCUT2D eigenvalue weighted by Gasteiger charge is -2.25. The molecule has 1 fully saturated rings. The topological polar surface area (TPSA) is 70.6 Å². The van der Waals surface area contributed by atoms with E-state index < -0.39 is 17.8 Å². The second-order valence-corrected chi connectivity index (χ2v) is 5.17. The zero-order valence-electron chi connectivity index (χ0n) is 10.2. The molecule has 16 heavy (non-hydrogen) atoms. The van der Waals surface area contributed by atoms with Crippen LogP contribution in [0.4, 0.5) is 4.79 Å². The summed E-state index contributed by atoms with van der Waals surface area (Å²) in [6, 6.07) is -0.218. The van der Waals surface area contributed by atoms with Gasteiger partial charge in [0.25, 0.3) is 0 Å². The smallest absolute Gasteiger partial charge is 0.407 e. The Balaban J connectivity index is 2.42. The highest BCUT2D eigenvalue weighted by Gasteiger charge is 2.25. The Bertz CT molecular complexity index is 238. The third-order valence-corrected chi connectivity index (χ3v) is 2.39. The molecule has 5 heteroatoms. The van der Waals surface area contributed by atoms with Crippen molar-refractivity contribution in [3.8, 4) is 0 Å². The summed E-state index contributed by atoms with van der Waals surface area (Å²) in [5.74, 6) is 0. The van der Waals surface area contributed by atoms with Crippen molar-refractivity contribution in [2.45, 2.75) is 51.4 Å². The number of aliphatic hydroxyl groups excluding tert-OH is 1. The highest BCUT2D eigenvalue weighted by molar-refractivity contribution is 5.68. The molecule has 0 spiro atoms. The van der Waals surface area contributed by atoms with Crippen molar-refractivity contribution in [1.29, 1.82) is 0 Å². The number of hydrogen-bond acceptors (Lipinski definition) is 4. The molecule has 0 aromatic heterocycles. The number of hydrogen-bond donors (Lipinski definition) is 3. The zero-order valence-corrected chi connectivity index (χ0v) is 10.2. The summed E-state index contributed by atoms with van der Waals surface area (Å²) >= 11 is 0. The van der Waals surface area contributed by atoms with Crippen molar-refractivity contribution in [2.75, 3.05) is 13.1 Å². The molecule has 1 aliphatic heterocycles. The van der Waals surface area contributed by atoms with Crippen molar-refractivity contribution in [3.63, 3.8) is 0 Å². The average Bonchev–Trinajstić information content (AvgIpc) is 2.29. The van der Waals surface area contributed by atoms with Crippen LogP contribution in [0.3, 0.4) is 0 Å². The molecule has 94 valence electrons. The number of carbonyl (C=O) groups is 1. The maximum Gasteiger partial charge on any atom is 0.407 e. The molecule has 0 aromatic carbocycles. The predicted molar refractivity (Wildman–Crippen MR) is 61.3 cm³/mol. The van der Waals surface area contributed by atoms with Gasteiger partial charge in [0.1, 0.15) is 5.60 Å². The van der Waals surface area contributed by atoms with Gasteiger partial charge in [0, 0.05) is 6.54 Å². The molecular weight excluding hydrogens is 208 g/mol. The summed E-state index contributed by atoms with van der Waals surface area (Å²) in [5.41, 5.74) is -0.502. The van der Waals surface area contributed by atoms with E-state index in [1.54, 1.807) is 0 Å². The number of β-amino-alcohol motifs (C(OH)–C–C–N with tert-alkyl or cyclic N) is 1. The van der Waals surface area contributed by atoms with Gasteiger partial charge in [0.15, 0.2) is 0 Å². The molecule has 1 heterocycles. The number of nitrogens with one attached hydrogen (secondary N) is 2. The summed E-state index contributed by atoms with van der Waals surface area (Å²) in [4.78, 5) is 11.5. The molecule has 1 amide bonds. The van der Waals surface area contributed by atoms with Crippen LogP contribution in [-0.2, 0) is 4.74 Å². The van der Waals surface area contributed by atoms with Crippen LogP contribution < -0.4 is 10.6 Å². The van der Waals surface area contributed by atoms with Crippen molar-refractivity contribution in [2.24, 2.45) is 0 Å². The first-order valence-electron chi connectivity index (χ1n) is 5.77. The minimum absolute atomic E-state index is 0.218. The first-order valence-corrected chi connectivity index (χ1v) is 5.77. The minimum Gasteiger partial charge on any atom is -0.444 e. The summed E-state index contributed by atoms with van der Waals surface area (Å²) < 4.78 is 5.15. The molecule has 1 aliphatic rings. The number of amides is 1. The molecule has 0 aromatic rings. The van der Waals surface area contributed by atoms with Crippen molar-refractivity contribution >= 4 is 6.09 Å². The van der Waals surface area contributed by atoms with Crippen LogP contribution in [0.2, 0.25) is 0 Å². The first kappa shape index (κ1) is 13.3. The van der Waals surface area contributed by atoms with E-state index in [2.05, 4.69) is 10.6 Å². The van der Waals surface area contributed by atoms with Crippen LogP contribution in [0.25, 0.3) is 0 Å². The Morgan fingerprint density at radius 2 is 2.19 bits per heavy atom. The van der Waals surface area contributed by atoms with Gasteiger partial charge in [-0.1, -0.05) is 0 Å². The van der Waals surface area contributed by atoms with Crippen LogP contribution in [-0.4, -0.2) is 42.0 Å². The van der Waals surface area contributed by atoms with Gasteiger partial charge in [-0.2, -0.15) is 0 Å². The first-order chi connectivity index (χ1) is 7.38. The van der Waals surface area contributed by atoms with Crippen molar-refractivity contribution in [1.82, 2.24) is 10.6 Å². The number of alkyl carbamates (subject to hydrolysis) is 1. The Morgan fingerprint density at radius 1 is 1.50 bits per heavy atom. The molecule has 3 N–H and O–H groups in total. The zero-order chi connectivity index (χ0) is 12.2. The molecule has 5 nitrogen and oxygen atoms in total. The van der Waals surface area contributed by atoms with E-state index in [-0.39, 0.29) is 6.04 Å². The SMILES string of the molecule is CC(C)(C)OC(=O)N[C@@H]1CCCNC[C@@H]1O. The molecule has 0 bridgehead atoms. The summed E-state index contributed by atoms with van der Waals surface area (Å²) in [6.45, 7) is 6.84. The van der Waals surface area contributed by atoms with Gasteiger partial charge in [0.05, 0.1) is 12.1 Å². The van der Waals surface area contributed by atoms with Gasteiger partial charge in [-0.05, 0) is 40.2 Å². The molecule has 1 rings (SSSR count). The lowest BCUT2D eigenvalue weighted by atomic mass is 10.1. The molecule has 0 aliphatic carbocycles. The van der Waals surface area contributed by atoms with Crippen LogP contribution >= 0.6 is 0 Å². The standard InChI is InChI=1S/C11H22N2O3/c1-11(2,3)16-10(15)13-8-5-4-6-12-7-9(8)14/h8-9,12,14H,4-7H2,1-3H3,(H,13,15)/t8-,9+/m1/s1. The Morgan fingerprint density at radius 3 is 2.81 bits per heavy atom. The lowest BCUT2D eigenvalue weighted by Crippen LogP contribution is -2.47. The van der Waals surface area contributed by atoms with Gasteiger partial charge in [-0.15, -0.1) is 0 Å². The molecule has 0 unspecified atom stereocenters. The van der Waals surface area contributed by atoms with E-state index in [1.807, 2.05) is 20.8 Å². The average molecular weight is 230 g/mol. The third kappa shape index (κ3) is 4.81. The maximum atomic E-state index is 11.5.